The molecule has 1 radical (unpaired) electrons. The summed E-state index contributed by atoms with van der Waals surface area (Å²) in [7, 11) is -1.54. The number of hydrogen-bond donors (Lipinski definition) is 1. The molecular formula is C42H49IrN2O2Si-. The molecule has 0 spiro atoms. The second-order valence-corrected chi connectivity index (χ2v) is 18.7. The zero-order valence-electron chi connectivity index (χ0n) is 29.6. The summed E-state index contributed by atoms with van der Waals surface area (Å²) in [6, 6.07) is 31.9. The third-order valence-corrected chi connectivity index (χ3v) is 11.7. The number of carbonyl (C=O) groups excluding carboxylic acids is 1. The van der Waals surface area contributed by atoms with Crippen LogP contribution in [0.1, 0.15) is 58.9 Å². The minimum absolute atomic E-state index is 0. The maximum absolute atomic E-state index is 11.7. The van der Waals surface area contributed by atoms with Gasteiger partial charge in [-0.2, -0.15) is 0 Å². The molecule has 4 aromatic carbocycles. The van der Waals surface area contributed by atoms with E-state index >= 15 is 0 Å². The van der Waals surface area contributed by atoms with Gasteiger partial charge in [0.25, 0.3) is 0 Å². The fourth-order valence-electron chi connectivity index (χ4n) is 6.79. The summed E-state index contributed by atoms with van der Waals surface area (Å²) in [5.74, 6) is 0.547. The van der Waals surface area contributed by atoms with E-state index in [0.29, 0.717) is 0 Å². The van der Waals surface area contributed by atoms with Crippen LogP contribution < -0.4 is 10.1 Å². The summed E-state index contributed by atoms with van der Waals surface area (Å²) in [4.78, 5) is 19.4. The van der Waals surface area contributed by atoms with Crippen LogP contribution in [0.5, 0.6) is 0 Å². The van der Waals surface area contributed by atoms with E-state index in [-0.39, 0.29) is 43.5 Å². The zero-order valence-corrected chi connectivity index (χ0v) is 33.0. The molecule has 253 valence electrons. The fraction of sp³-hybridized carbons (Fsp3) is 0.333. The van der Waals surface area contributed by atoms with E-state index in [0.717, 1.165) is 53.8 Å². The van der Waals surface area contributed by atoms with Crippen molar-refractivity contribution in [1.82, 2.24) is 4.98 Å². The Bertz CT molecular complexity index is 1920. The van der Waals surface area contributed by atoms with E-state index in [9.17, 15) is 9.90 Å². The van der Waals surface area contributed by atoms with Gasteiger partial charge < -0.3 is 10.0 Å². The van der Waals surface area contributed by atoms with Crippen LogP contribution in [0, 0.1) is 24.8 Å². The second-order valence-electron chi connectivity index (χ2n) is 13.7. The Hall–Kier alpha value is -3.57. The first-order valence-electron chi connectivity index (χ1n) is 17.2. The normalized spacial score (nSPS) is 12.5. The third-order valence-electron chi connectivity index (χ3n) is 9.61. The second kappa shape index (κ2) is 15.8. The third kappa shape index (κ3) is 7.37. The number of nitrogens with zero attached hydrogens (tertiary/aromatic N) is 2. The average molecular weight is 834 g/mol. The number of aliphatic hydroxyl groups is 1. The van der Waals surface area contributed by atoms with Gasteiger partial charge in [-0.05, 0) is 61.4 Å². The summed E-state index contributed by atoms with van der Waals surface area (Å²) >= 11 is 0. The summed E-state index contributed by atoms with van der Waals surface area (Å²) < 4.78 is 0. The SMILES string of the molecule is CCC(CC)C(=O)/C=C(\O)C(CC)CC.Cc1c[c-]c2c3c(cccc13)N(c1ccccc1)c1cc3c([Si](C)(C)C)cccc3nc1-2.[Ir]. The number of benzene rings is 4. The van der Waals surface area contributed by atoms with E-state index in [1.54, 1.807) is 0 Å². The van der Waals surface area contributed by atoms with Crippen LogP contribution in [0.4, 0.5) is 17.1 Å². The molecule has 6 rings (SSSR count). The molecule has 1 aliphatic rings. The van der Waals surface area contributed by atoms with Gasteiger partial charge in [0, 0.05) is 60.8 Å². The van der Waals surface area contributed by atoms with Crippen molar-refractivity contribution in [2.75, 3.05) is 4.90 Å². The summed E-state index contributed by atoms with van der Waals surface area (Å²) in [6.07, 6.45) is 4.91. The number of aromatic nitrogens is 1. The maximum atomic E-state index is 11.7. The van der Waals surface area contributed by atoms with E-state index in [1.807, 2.05) is 27.7 Å². The summed E-state index contributed by atoms with van der Waals surface area (Å²) in [6.45, 7) is 17.5. The smallest absolute Gasteiger partial charge is 0.162 e. The number of allylic oxidation sites excluding steroid dienone is 2. The number of fused-ring (bicyclic) bond motifs is 3. The van der Waals surface area contributed by atoms with Crippen molar-refractivity contribution in [2.24, 2.45) is 11.8 Å². The van der Waals surface area contributed by atoms with Crippen LogP contribution in [-0.2, 0) is 24.9 Å². The van der Waals surface area contributed by atoms with E-state index in [4.69, 9.17) is 4.98 Å². The van der Waals surface area contributed by atoms with Crippen LogP contribution >= 0.6 is 0 Å². The van der Waals surface area contributed by atoms with Gasteiger partial charge in [-0.3, -0.25) is 9.78 Å². The van der Waals surface area contributed by atoms with Gasteiger partial charge in [-0.1, -0.05) is 113 Å². The molecule has 6 heteroatoms. The predicted octanol–water partition coefficient (Wildman–Crippen LogP) is 11.4. The van der Waals surface area contributed by atoms with Gasteiger partial charge in [0.05, 0.1) is 19.3 Å². The number of carbonyl (C=O) groups is 1. The van der Waals surface area contributed by atoms with Crippen molar-refractivity contribution in [2.45, 2.75) is 79.9 Å². The van der Waals surface area contributed by atoms with Gasteiger partial charge >= 0.3 is 0 Å². The van der Waals surface area contributed by atoms with Crippen LogP contribution in [-0.4, -0.2) is 23.9 Å². The molecule has 4 nitrogen and oxygen atoms in total. The van der Waals surface area contributed by atoms with Crippen LogP contribution in [0.3, 0.4) is 0 Å². The summed E-state index contributed by atoms with van der Waals surface area (Å²) in [5.41, 5.74) is 7.90. The first kappa shape index (κ1) is 37.2. The van der Waals surface area contributed by atoms with Crippen molar-refractivity contribution in [3.63, 3.8) is 0 Å². The molecule has 0 unspecified atom stereocenters. The predicted molar refractivity (Wildman–Crippen MR) is 203 cm³/mol. The van der Waals surface area contributed by atoms with E-state index in [2.05, 4.69) is 116 Å². The number of pyridine rings is 1. The van der Waals surface area contributed by atoms with Crippen molar-refractivity contribution in [3.05, 3.63) is 102 Å². The molecule has 1 aliphatic heterocycles. The van der Waals surface area contributed by atoms with Crippen molar-refractivity contribution < 1.29 is 30.0 Å². The molecule has 0 fully saturated rings. The van der Waals surface area contributed by atoms with E-state index < -0.39 is 8.07 Å². The minimum atomic E-state index is -1.54. The number of aliphatic hydroxyl groups excluding tert-OH is 1. The molecule has 0 aliphatic carbocycles. The molecule has 1 aromatic heterocycles. The largest absolute Gasteiger partial charge is 0.512 e. The monoisotopic (exact) mass is 834 g/mol. The van der Waals surface area contributed by atoms with Crippen LogP contribution in [0.15, 0.2) is 90.7 Å². The fourth-order valence-corrected chi connectivity index (χ4v) is 8.40. The Morgan fingerprint density at radius 2 is 1.50 bits per heavy atom. The first-order valence-corrected chi connectivity index (χ1v) is 20.7. The topological polar surface area (TPSA) is 53.4 Å². The molecule has 0 bridgehead atoms. The van der Waals surface area contributed by atoms with Crippen molar-refractivity contribution in [1.29, 1.82) is 0 Å². The van der Waals surface area contributed by atoms with E-state index in [1.165, 1.54) is 38.7 Å². The van der Waals surface area contributed by atoms with Gasteiger partial charge in [0.2, 0.25) is 0 Å². The molecule has 1 N–H and O–H groups in total. The molecule has 0 saturated heterocycles. The number of hydrogen-bond acceptors (Lipinski definition) is 4. The van der Waals surface area contributed by atoms with Crippen molar-refractivity contribution in [3.8, 4) is 11.3 Å². The number of anilines is 3. The molecule has 48 heavy (non-hydrogen) atoms. The minimum Gasteiger partial charge on any atom is -0.512 e. The molecule has 0 atom stereocenters. The molecule has 0 saturated carbocycles. The molecule has 2 heterocycles. The van der Waals surface area contributed by atoms with Gasteiger partial charge in [0.15, 0.2) is 5.78 Å². The molecule has 0 amide bonds. The van der Waals surface area contributed by atoms with Gasteiger partial charge in [-0.25, -0.2) is 0 Å². The quantitative estimate of drug-likeness (QED) is 0.0682. The Morgan fingerprint density at radius 1 is 0.854 bits per heavy atom. The van der Waals surface area contributed by atoms with Crippen LogP contribution in [0.2, 0.25) is 19.6 Å². The first-order chi connectivity index (χ1) is 22.5. The van der Waals surface area contributed by atoms with Crippen LogP contribution in [0.25, 0.3) is 32.9 Å². The maximum Gasteiger partial charge on any atom is 0.162 e. The summed E-state index contributed by atoms with van der Waals surface area (Å²) in [5, 5.41) is 15.0. The average Bonchev–Trinajstić information content (AvgIpc) is 3.06. The van der Waals surface area contributed by atoms with Crippen molar-refractivity contribution >= 4 is 57.8 Å². The number of ketones is 1. The molecule has 5 aromatic rings. The molecular weight excluding hydrogens is 785 g/mol. The Balaban J connectivity index is 0.000000279. The van der Waals surface area contributed by atoms with Gasteiger partial charge in [0.1, 0.15) is 0 Å². The number of rotatable bonds is 9. The Morgan fingerprint density at radius 3 is 2.12 bits per heavy atom. The number of aryl methyl sites for hydroxylation is 1. The Kier molecular flexibility index (Phi) is 12.2. The Labute approximate surface area is 301 Å². The standard InChI is InChI=1S/C29H25N2Si.C13H24O2.Ir/c1-19-16-17-22-28-21(19)12-8-14-25(28)31(20-10-6-5-7-11-20)26-18-23-24(30-29(22)26)13-9-15-27(23)32(2,3)4;1-5-10(6-2)12(14)9-13(15)11(7-3)8-4;/h5-16,18H,1-4H3;9-11,14H,5-8H2,1-4H3;/q-1;;/b;12-9-;. The number of para-hydroxylation sites is 1. The zero-order chi connectivity index (χ0) is 33.9. The van der Waals surface area contributed by atoms with Gasteiger partial charge in [-0.15, -0.1) is 23.3 Å².